The topological polar surface area (TPSA) is 98.1 Å². The Labute approximate surface area is 289 Å². The molecule has 2 heterocycles. The van der Waals surface area contributed by atoms with Crippen molar-refractivity contribution in [3.63, 3.8) is 0 Å². The highest BCUT2D eigenvalue weighted by molar-refractivity contribution is 6.36. The van der Waals surface area contributed by atoms with Gasteiger partial charge in [-0.25, -0.2) is 0 Å². The number of nitrogens with zero attached hydrogens (tertiary/aromatic N) is 3. The van der Waals surface area contributed by atoms with Gasteiger partial charge in [-0.2, -0.15) is 10.6 Å². The molecule has 6 rings (SSSR count). The lowest BCUT2D eigenvalue weighted by Gasteiger charge is -2.19. The molecular weight excluding hydrogens is 651 g/mol. The fourth-order valence-corrected chi connectivity index (χ4v) is 7.16. The number of methoxy groups -OCH3 is 2. The van der Waals surface area contributed by atoms with Gasteiger partial charge in [-0.3, -0.25) is 14.4 Å². The van der Waals surface area contributed by atoms with Crippen molar-refractivity contribution in [3.8, 4) is 33.8 Å². The molecule has 0 unspecified atom stereocenters. The van der Waals surface area contributed by atoms with E-state index in [1.165, 1.54) is 0 Å². The highest BCUT2D eigenvalue weighted by Gasteiger charge is 2.26. The van der Waals surface area contributed by atoms with Gasteiger partial charge in [0.15, 0.2) is 0 Å². The molecule has 5 aromatic rings. The van der Waals surface area contributed by atoms with Crippen molar-refractivity contribution in [2.45, 2.75) is 32.5 Å². The van der Waals surface area contributed by atoms with Crippen LogP contribution in [0.1, 0.15) is 29.5 Å². The van der Waals surface area contributed by atoms with Crippen LogP contribution in [-0.2, 0) is 29.3 Å². The largest absolute Gasteiger partial charge is 0.496 e. The summed E-state index contributed by atoms with van der Waals surface area (Å²) in [6.45, 7) is 3.20. The molecule has 48 heavy (non-hydrogen) atoms. The fraction of sp³-hybridized carbons (Fsp3) is 0.297. The molecule has 1 aliphatic rings. The number of nitrogens with one attached hydrogen (secondary N) is 1. The maximum Gasteiger partial charge on any atom is 0.303 e. The zero-order valence-corrected chi connectivity index (χ0v) is 28.6. The average Bonchev–Trinajstić information content (AvgIpc) is 3.71. The van der Waals surface area contributed by atoms with Gasteiger partial charge in [-0.1, -0.05) is 65.7 Å². The third-order valence-corrected chi connectivity index (χ3v) is 9.74. The van der Waals surface area contributed by atoms with Crippen molar-refractivity contribution in [1.82, 2.24) is 20.2 Å². The minimum absolute atomic E-state index is 0.164. The number of benzene rings is 4. The van der Waals surface area contributed by atoms with Crippen LogP contribution in [0.15, 0.2) is 72.9 Å². The van der Waals surface area contributed by atoms with Gasteiger partial charge < -0.3 is 19.4 Å². The van der Waals surface area contributed by atoms with Crippen LogP contribution in [0.25, 0.3) is 33.2 Å². The molecule has 0 bridgehead atoms. The molecule has 1 atom stereocenters. The second-order valence-electron chi connectivity index (χ2n) is 12.0. The summed E-state index contributed by atoms with van der Waals surface area (Å²) in [6, 6.07) is 22.1. The number of fused-ring (bicyclic) bond motifs is 1. The number of hydrogen-bond donors (Lipinski definition) is 2. The van der Waals surface area contributed by atoms with Crippen LogP contribution in [0.3, 0.4) is 0 Å². The van der Waals surface area contributed by atoms with E-state index >= 15 is 0 Å². The second-order valence-corrected chi connectivity index (χ2v) is 12.8. The first-order valence-electron chi connectivity index (χ1n) is 15.8. The number of rotatable bonds is 13. The lowest BCUT2D eigenvalue weighted by molar-refractivity contribution is -0.138. The summed E-state index contributed by atoms with van der Waals surface area (Å²) >= 11 is 14.0. The Kier molecular flexibility index (Phi) is 10.5. The first-order chi connectivity index (χ1) is 23.3. The van der Waals surface area contributed by atoms with Crippen LogP contribution in [0.4, 0.5) is 0 Å². The van der Waals surface area contributed by atoms with E-state index < -0.39 is 5.97 Å². The summed E-state index contributed by atoms with van der Waals surface area (Å²) in [5, 5.41) is 16.2. The number of carboxylic acids is 1. The SMILES string of the molecule is CONCc1ccc(-c2cccc(-c3cccc4c3cnn4Cc3cc(OC)c(CN4CC[C@H](CC(=O)O)C4)cc3Cl)c2Cl)cc1OC. The van der Waals surface area contributed by atoms with Crippen molar-refractivity contribution >= 4 is 40.1 Å². The van der Waals surface area contributed by atoms with Gasteiger partial charge in [0, 0.05) is 58.7 Å². The molecule has 1 fully saturated rings. The van der Waals surface area contributed by atoms with Crippen LogP contribution in [0, 0.1) is 5.92 Å². The van der Waals surface area contributed by atoms with Crippen LogP contribution in [0.2, 0.25) is 10.0 Å². The van der Waals surface area contributed by atoms with Crippen LogP contribution < -0.4 is 15.0 Å². The van der Waals surface area contributed by atoms with Crippen molar-refractivity contribution in [3.05, 3.63) is 99.7 Å². The van der Waals surface area contributed by atoms with E-state index in [1.807, 2.05) is 71.5 Å². The third-order valence-electron chi connectivity index (χ3n) is 8.98. The molecule has 0 radical (unpaired) electrons. The number of carbonyl (C=O) groups is 1. The zero-order valence-electron chi connectivity index (χ0n) is 27.1. The number of halogens is 2. The number of aliphatic carboxylic acids is 1. The van der Waals surface area contributed by atoms with Crippen LogP contribution >= 0.6 is 23.2 Å². The molecule has 1 aliphatic heterocycles. The molecule has 0 aliphatic carbocycles. The summed E-state index contributed by atoms with van der Waals surface area (Å²) in [6.07, 6.45) is 2.94. The summed E-state index contributed by atoms with van der Waals surface area (Å²) in [5.74, 6) is 0.903. The number of hydroxylamine groups is 1. The first kappa shape index (κ1) is 33.8. The van der Waals surface area contributed by atoms with Crippen LogP contribution in [-0.4, -0.2) is 60.2 Å². The number of carboxylic acid groups (broad SMARTS) is 1. The zero-order chi connectivity index (χ0) is 33.8. The Morgan fingerprint density at radius 3 is 2.44 bits per heavy atom. The fourth-order valence-electron chi connectivity index (χ4n) is 6.58. The number of hydrogen-bond acceptors (Lipinski definition) is 7. The Morgan fingerprint density at radius 1 is 0.917 bits per heavy atom. The quantitative estimate of drug-likeness (QED) is 0.122. The summed E-state index contributed by atoms with van der Waals surface area (Å²) in [5.41, 5.74) is 10.4. The maximum absolute atomic E-state index is 11.2. The van der Waals surface area contributed by atoms with Crippen molar-refractivity contribution in [2.24, 2.45) is 5.92 Å². The van der Waals surface area contributed by atoms with E-state index in [9.17, 15) is 9.90 Å². The minimum atomic E-state index is -0.749. The van der Waals surface area contributed by atoms with E-state index in [0.717, 1.165) is 80.9 Å². The van der Waals surface area contributed by atoms with Gasteiger partial charge in [-0.15, -0.1) is 0 Å². The van der Waals surface area contributed by atoms with E-state index in [1.54, 1.807) is 21.3 Å². The molecule has 4 aromatic carbocycles. The highest BCUT2D eigenvalue weighted by Crippen LogP contribution is 2.40. The molecule has 1 aromatic heterocycles. The highest BCUT2D eigenvalue weighted by atomic mass is 35.5. The van der Waals surface area contributed by atoms with Gasteiger partial charge in [0.1, 0.15) is 11.5 Å². The molecule has 250 valence electrons. The van der Waals surface area contributed by atoms with Crippen molar-refractivity contribution in [2.75, 3.05) is 34.4 Å². The normalized spacial score (nSPS) is 14.9. The summed E-state index contributed by atoms with van der Waals surface area (Å²) < 4.78 is 13.4. The number of aromatic nitrogens is 2. The van der Waals surface area contributed by atoms with Gasteiger partial charge in [-0.05, 0) is 59.8 Å². The Hall–Kier alpha value is -4.12. The maximum atomic E-state index is 11.2. The van der Waals surface area contributed by atoms with Crippen molar-refractivity contribution in [1.29, 1.82) is 0 Å². The number of likely N-dealkylation sites (tertiary alicyclic amines) is 1. The molecule has 0 spiro atoms. The van der Waals surface area contributed by atoms with E-state index in [-0.39, 0.29) is 12.3 Å². The second kappa shape index (κ2) is 15.0. The smallest absolute Gasteiger partial charge is 0.303 e. The average molecular weight is 690 g/mol. The molecule has 0 amide bonds. The predicted octanol–water partition coefficient (Wildman–Crippen LogP) is 7.69. The summed E-state index contributed by atoms with van der Waals surface area (Å²) in [4.78, 5) is 18.4. The lowest BCUT2D eigenvalue weighted by Crippen LogP contribution is -2.21. The standard InChI is InChI=1S/C37H38Cl2N4O5/c1-46-34-16-24(10-11-25(34)18-41-48-3)28-6-4-8-30(37(28)39)29-7-5-9-33-31(29)19-40-43(33)22-26-17-35(47-2)27(15-32(26)38)21-42-13-12-23(20-42)14-36(44)45/h4-11,15-17,19,23,41H,12-14,18,20-22H2,1-3H3,(H,44,45)/t23-/m1/s1. The van der Waals surface area contributed by atoms with Gasteiger partial charge >= 0.3 is 5.97 Å². The van der Waals surface area contributed by atoms with Crippen molar-refractivity contribution < 1.29 is 24.2 Å². The molecule has 0 saturated carbocycles. The molecule has 11 heteroatoms. The Bertz CT molecular complexity index is 1950. The monoisotopic (exact) mass is 688 g/mol. The van der Waals surface area contributed by atoms with E-state index in [0.29, 0.717) is 29.7 Å². The van der Waals surface area contributed by atoms with Crippen LogP contribution in [0.5, 0.6) is 11.5 Å². The van der Waals surface area contributed by atoms with E-state index in [4.69, 9.17) is 42.6 Å². The molecule has 2 N–H and O–H groups in total. The third kappa shape index (κ3) is 7.16. The van der Waals surface area contributed by atoms with Gasteiger partial charge in [0.2, 0.25) is 0 Å². The molecule has 1 saturated heterocycles. The summed E-state index contributed by atoms with van der Waals surface area (Å²) in [7, 11) is 4.89. The predicted molar refractivity (Wildman–Crippen MR) is 189 cm³/mol. The van der Waals surface area contributed by atoms with Gasteiger partial charge in [0.05, 0.1) is 44.6 Å². The Morgan fingerprint density at radius 2 is 1.67 bits per heavy atom. The molecule has 9 nitrogen and oxygen atoms in total. The van der Waals surface area contributed by atoms with E-state index in [2.05, 4.69) is 16.4 Å². The number of ether oxygens (including phenoxy) is 2. The first-order valence-corrected chi connectivity index (χ1v) is 16.5. The minimum Gasteiger partial charge on any atom is -0.496 e. The Balaban J connectivity index is 1.27. The van der Waals surface area contributed by atoms with Gasteiger partial charge in [0.25, 0.3) is 0 Å². The molecular formula is C37H38Cl2N4O5. The lowest BCUT2D eigenvalue weighted by atomic mass is 9.96.